The highest BCUT2D eigenvalue weighted by Crippen LogP contribution is 2.15. The number of aliphatic hydroxyl groups excluding tert-OH is 4. The van der Waals surface area contributed by atoms with Gasteiger partial charge in [0.1, 0.15) is 24.9 Å². The Labute approximate surface area is 269 Å². The van der Waals surface area contributed by atoms with Crippen LogP contribution in [0.3, 0.4) is 0 Å². The highest BCUT2D eigenvalue weighted by molar-refractivity contribution is 5.70. The molecule has 8 nitrogen and oxygen atoms in total. The predicted octanol–water partition coefficient (Wildman–Crippen LogP) is 7.47. The van der Waals surface area contributed by atoms with Crippen molar-refractivity contribution in [3.8, 4) is 0 Å². The second-order valence-electron chi connectivity index (χ2n) is 12.4. The number of hydrogen-bond donors (Lipinski definition) is 4. The molecule has 0 aromatic rings. The van der Waals surface area contributed by atoms with Crippen LogP contribution in [0.1, 0.15) is 168 Å². The summed E-state index contributed by atoms with van der Waals surface area (Å²) in [6.45, 7) is 3.24. The van der Waals surface area contributed by atoms with Gasteiger partial charge in [-0.15, -0.1) is 0 Å². The zero-order chi connectivity index (χ0) is 32.7. The zero-order valence-corrected chi connectivity index (χ0v) is 28.3. The maximum absolute atomic E-state index is 12.4. The Morgan fingerprint density at radius 1 is 0.568 bits per heavy atom. The molecule has 0 saturated heterocycles. The number of unbranched alkanes of at least 4 members (excludes halogenated alkanes) is 19. The average molecular weight is 629 g/mol. The fourth-order valence-electron chi connectivity index (χ4n) is 5.15. The second-order valence-corrected chi connectivity index (χ2v) is 12.4. The molecule has 0 aliphatic heterocycles. The number of carbonyl (C=O) groups excluding carboxylic acids is 2. The number of esters is 2. The monoisotopic (exact) mass is 628 g/mol. The van der Waals surface area contributed by atoms with Gasteiger partial charge in [0.05, 0.1) is 6.61 Å². The van der Waals surface area contributed by atoms with Crippen molar-refractivity contribution < 1.29 is 39.5 Å². The van der Waals surface area contributed by atoms with Crippen LogP contribution in [0.5, 0.6) is 0 Å². The van der Waals surface area contributed by atoms with E-state index in [9.17, 15) is 24.9 Å². The van der Waals surface area contributed by atoms with Crippen molar-refractivity contribution in [1.29, 1.82) is 0 Å². The molecule has 4 atom stereocenters. The molecule has 0 spiro atoms. The van der Waals surface area contributed by atoms with Crippen LogP contribution in [0.4, 0.5) is 0 Å². The molecule has 0 amide bonds. The zero-order valence-electron chi connectivity index (χ0n) is 28.3. The lowest BCUT2D eigenvalue weighted by Gasteiger charge is -2.28. The highest BCUT2D eigenvalue weighted by atomic mass is 16.6. The lowest BCUT2D eigenvalue weighted by Crippen LogP contribution is -2.49. The molecule has 0 aliphatic carbocycles. The summed E-state index contributed by atoms with van der Waals surface area (Å²) in [4.78, 5) is 24.7. The summed E-state index contributed by atoms with van der Waals surface area (Å²) in [5.41, 5.74) is 0. The topological polar surface area (TPSA) is 134 Å². The molecule has 0 rings (SSSR count). The van der Waals surface area contributed by atoms with E-state index in [1.54, 1.807) is 0 Å². The fourth-order valence-corrected chi connectivity index (χ4v) is 5.15. The maximum atomic E-state index is 12.4. The Morgan fingerprint density at radius 3 is 1.43 bits per heavy atom. The highest BCUT2D eigenvalue weighted by Gasteiger charge is 2.34. The van der Waals surface area contributed by atoms with E-state index in [2.05, 4.69) is 26.0 Å². The molecule has 0 bridgehead atoms. The van der Waals surface area contributed by atoms with Gasteiger partial charge in [0.25, 0.3) is 0 Å². The minimum Gasteiger partial charge on any atom is -0.462 e. The molecule has 0 aromatic carbocycles. The second kappa shape index (κ2) is 31.5. The summed E-state index contributed by atoms with van der Waals surface area (Å²) in [5.74, 6) is -1.03. The molecule has 0 radical (unpaired) electrons. The summed E-state index contributed by atoms with van der Waals surface area (Å²) in [5, 5.41) is 39.5. The van der Waals surface area contributed by atoms with Gasteiger partial charge in [0.2, 0.25) is 0 Å². The molecule has 0 fully saturated rings. The molecule has 0 unspecified atom stereocenters. The number of rotatable bonds is 32. The molecule has 260 valence electrons. The molecule has 8 heteroatoms. The van der Waals surface area contributed by atoms with Crippen LogP contribution in [-0.2, 0) is 19.1 Å². The summed E-state index contributed by atoms with van der Waals surface area (Å²) in [6, 6.07) is 0. The van der Waals surface area contributed by atoms with E-state index in [-0.39, 0.29) is 12.8 Å². The van der Waals surface area contributed by atoms with Gasteiger partial charge in [-0.3, -0.25) is 9.59 Å². The Bertz CT molecular complexity index is 683. The molecular formula is C36H68O8. The smallest absolute Gasteiger partial charge is 0.306 e. The van der Waals surface area contributed by atoms with Gasteiger partial charge in [0.15, 0.2) is 6.10 Å². The van der Waals surface area contributed by atoms with Crippen LogP contribution in [-0.4, -0.2) is 70.0 Å². The van der Waals surface area contributed by atoms with Crippen LogP contribution in [0.15, 0.2) is 12.2 Å². The van der Waals surface area contributed by atoms with E-state index in [4.69, 9.17) is 14.6 Å². The van der Waals surface area contributed by atoms with Crippen molar-refractivity contribution in [2.45, 2.75) is 192 Å². The van der Waals surface area contributed by atoms with Crippen LogP contribution in [0, 0.1) is 0 Å². The number of allylic oxidation sites excluding steroid dienone is 2. The third-order valence-corrected chi connectivity index (χ3v) is 8.13. The minimum absolute atomic E-state index is 0.153. The first kappa shape index (κ1) is 42.5. The molecule has 44 heavy (non-hydrogen) atoms. The van der Waals surface area contributed by atoms with Gasteiger partial charge >= 0.3 is 11.9 Å². The summed E-state index contributed by atoms with van der Waals surface area (Å²) in [7, 11) is 0. The van der Waals surface area contributed by atoms with Gasteiger partial charge < -0.3 is 29.9 Å². The molecule has 0 heterocycles. The Balaban J connectivity index is 4.22. The standard InChI is InChI=1S/C36H68O8/c1-3-5-7-9-11-13-14-15-16-17-18-20-21-23-25-27-33(39)43-30-32(36(42)35(41)31(38)29-37)44-34(40)28-26-24-22-19-12-10-8-6-4-2/h15-16,31-32,35-38,41-42H,3-14,17-30H2,1-2H3/b16-15-/t31-,32+,35-,36-/m1/s1. The minimum atomic E-state index is -1.75. The van der Waals surface area contributed by atoms with Gasteiger partial charge in [-0.2, -0.15) is 0 Å². The molecule has 0 aliphatic rings. The van der Waals surface area contributed by atoms with Crippen LogP contribution in [0.25, 0.3) is 0 Å². The van der Waals surface area contributed by atoms with Crippen LogP contribution >= 0.6 is 0 Å². The lowest BCUT2D eigenvalue weighted by atomic mass is 10.0. The number of ether oxygens (including phenoxy) is 2. The van der Waals surface area contributed by atoms with E-state index < -0.39 is 49.6 Å². The van der Waals surface area contributed by atoms with Crippen molar-refractivity contribution in [2.75, 3.05) is 13.2 Å². The van der Waals surface area contributed by atoms with Crippen molar-refractivity contribution in [1.82, 2.24) is 0 Å². The average Bonchev–Trinajstić information content (AvgIpc) is 3.02. The molecule has 0 saturated carbocycles. The number of carbonyl (C=O) groups is 2. The first-order valence-electron chi connectivity index (χ1n) is 18.0. The summed E-state index contributed by atoms with van der Waals surface area (Å²) in [6.07, 6.45) is 23.6. The van der Waals surface area contributed by atoms with Crippen molar-refractivity contribution in [3.05, 3.63) is 12.2 Å². The first-order valence-corrected chi connectivity index (χ1v) is 18.0. The Morgan fingerprint density at radius 2 is 0.977 bits per heavy atom. The van der Waals surface area contributed by atoms with E-state index >= 15 is 0 Å². The van der Waals surface area contributed by atoms with Crippen molar-refractivity contribution in [3.63, 3.8) is 0 Å². The quantitative estimate of drug-likeness (QED) is 0.0342. The van der Waals surface area contributed by atoms with Gasteiger partial charge in [-0.25, -0.2) is 0 Å². The van der Waals surface area contributed by atoms with Crippen molar-refractivity contribution >= 4 is 11.9 Å². The summed E-state index contributed by atoms with van der Waals surface area (Å²) < 4.78 is 10.6. The third-order valence-electron chi connectivity index (χ3n) is 8.13. The van der Waals surface area contributed by atoms with Gasteiger partial charge in [0, 0.05) is 12.8 Å². The largest absolute Gasteiger partial charge is 0.462 e. The normalized spacial score (nSPS) is 14.4. The van der Waals surface area contributed by atoms with Crippen LogP contribution in [0.2, 0.25) is 0 Å². The molecular weight excluding hydrogens is 560 g/mol. The Hall–Kier alpha value is -1.48. The van der Waals surface area contributed by atoms with Gasteiger partial charge in [-0.05, 0) is 38.5 Å². The van der Waals surface area contributed by atoms with E-state index in [0.717, 1.165) is 51.4 Å². The first-order chi connectivity index (χ1) is 21.4. The summed E-state index contributed by atoms with van der Waals surface area (Å²) >= 11 is 0. The number of aliphatic hydroxyl groups is 4. The van der Waals surface area contributed by atoms with Crippen molar-refractivity contribution in [2.24, 2.45) is 0 Å². The maximum Gasteiger partial charge on any atom is 0.306 e. The van der Waals surface area contributed by atoms with Crippen LogP contribution < -0.4 is 0 Å². The lowest BCUT2D eigenvalue weighted by molar-refractivity contribution is -0.178. The molecule has 4 N–H and O–H groups in total. The number of hydrogen-bond acceptors (Lipinski definition) is 8. The third kappa shape index (κ3) is 25.8. The fraction of sp³-hybridized carbons (Fsp3) is 0.889. The van der Waals surface area contributed by atoms with E-state index in [1.807, 2.05) is 0 Å². The van der Waals surface area contributed by atoms with Gasteiger partial charge in [-0.1, -0.05) is 129 Å². The predicted molar refractivity (Wildman–Crippen MR) is 177 cm³/mol. The Kier molecular flexibility index (Phi) is 30.4. The van der Waals surface area contributed by atoms with E-state index in [1.165, 1.54) is 77.0 Å². The molecule has 0 aromatic heterocycles. The SMILES string of the molecule is CCCCCCCC/C=C\CCCCCCCC(=O)OC[C@H](OC(=O)CCCCCCCCCCC)[C@@H](O)[C@H](O)[C@H](O)CO. The van der Waals surface area contributed by atoms with E-state index in [0.29, 0.717) is 12.8 Å².